The Morgan fingerprint density at radius 3 is 2.83 bits per heavy atom. The van der Waals surface area contributed by atoms with Gasteiger partial charge < -0.3 is 4.42 Å². The summed E-state index contributed by atoms with van der Waals surface area (Å²) in [6.07, 6.45) is 4.57. The third-order valence-corrected chi connectivity index (χ3v) is 5.17. The summed E-state index contributed by atoms with van der Waals surface area (Å²) >= 11 is 0. The zero-order chi connectivity index (χ0) is 15.6. The maximum atomic E-state index is 5.78. The molecule has 0 N–H and O–H groups in total. The van der Waals surface area contributed by atoms with E-state index in [9.17, 15) is 0 Å². The van der Waals surface area contributed by atoms with Crippen molar-refractivity contribution < 1.29 is 4.42 Å². The minimum atomic E-state index is 0.645. The molecule has 3 aliphatic rings. The quantitative estimate of drug-likeness (QED) is 0.868. The van der Waals surface area contributed by atoms with E-state index in [1.807, 2.05) is 19.2 Å². The van der Waals surface area contributed by atoms with Gasteiger partial charge in [-0.25, -0.2) is 0 Å². The van der Waals surface area contributed by atoms with Crippen molar-refractivity contribution in [1.82, 2.24) is 14.8 Å². The van der Waals surface area contributed by atoms with Crippen molar-refractivity contribution in [2.45, 2.75) is 38.9 Å². The zero-order valence-electron chi connectivity index (χ0n) is 13.8. The van der Waals surface area contributed by atoms with Crippen molar-refractivity contribution in [1.29, 1.82) is 0 Å². The van der Waals surface area contributed by atoms with Crippen LogP contribution in [0.1, 0.15) is 30.1 Å². The van der Waals surface area contributed by atoms with Crippen LogP contribution < -0.4 is 0 Å². The third-order valence-electron chi connectivity index (χ3n) is 5.17. The molecule has 2 bridgehead atoms. The second-order valence-electron chi connectivity index (χ2n) is 7.05. The minimum absolute atomic E-state index is 0.645. The van der Waals surface area contributed by atoms with E-state index in [2.05, 4.69) is 39.0 Å². The van der Waals surface area contributed by atoms with Crippen LogP contribution in [0.15, 0.2) is 40.9 Å². The second kappa shape index (κ2) is 6.46. The molecule has 0 saturated carbocycles. The Labute approximate surface area is 138 Å². The highest BCUT2D eigenvalue weighted by molar-refractivity contribution is 5.07. The van der Waals surface area contributed by atoms with E-state index in [1.54, 1.807) is 0 Å². The topological polar surface area (TPSA) is 32.5 Å². The highest BCUT2D eigenvalue weighted by atomic mass is 16.3. The Bertz CT molecular complexity index is 639. The van der Waals surface area contributed by atoms with E-state index >= 15 is 0 Å². The summed E-state index contributed by atoms with van der Waals surface area (Å²) in [5, 5.41) is 0. The Morgan fingerprint density at radius 2 is 2.04 bits per heavy atom. The van der Waals surface area contributed by atoms with Crippen LogP contribution in [0.3, 0.4) is 0 Å². The van der Waals surface area contributed by atoms with Crippen molar-refractivity contribution in [2.75, 3.05) is 19.6 Å². The van der Waals surface area contributed by atoms with Gasteiger partial charge in [-0.05, 0) is 49.9 Å². The summed E-state index contributed by atoms with van der Waals surface area (Å²) in [7, 11) is 0. The molecular weight excluding hydrogens is 286 g/mol. The number of nitrogens with zero attached hydrogens (tertiary/aromatic N) is 3. The molecule has 0 spiro atoms. The molecule has 0 unspecified atom stereocenters. The lowest BCUT2D eigenvalue weighted by Gasteiger charge is -2.35. The average molecular weight is 311 g/mol. The molecule has 3 saturated heterocycles. The maximum Gasteiger partial charge on any atom is 0.118 e. The Hall–Kier alpha value is -1.65. The van der Waals surface area contributed by atoms with Gasteiger partial charge in [0, 0.05) is 38.4 Å². The van der Waals surface area contributed by atoms with Crippen molar-refractivity contribution in [3.63, 3.8) is 0 Å². The summed E-state index contributed by atoms with van der Waals surface area (Å²) in [5.74, 6) is 2.88. The molecular formula is C19H25N3O. The van der Waals surface area contributed by atoms with Crippen LogP contribution in [-0.2, 0) is 13.1 Å². The lowest BCUT2D eigenvalue weighted by Crippen LogP contribution is -2.43. The van der Waals surface area contributed by atoms with Gasteiger partial charge in [0.1, 0.15) is 11.5 Å². The summed E-state index contributed by atoms with van der Waals surface area (Å²) in [5.41, 5.74) is 1.19. The van der Waals surface area contributed by atoms with Crippen molar-refractivity contribution in [3.05, 3.63) is 53.7 Å². The molecule has 0 amide bonds. The van der Waals surface area contributed by atoms with E-state index in [-0.39, 0.29) is 0 Å². The SMILES string of the molecule is Cc1ccc(CN2C[C@@H]3CC[C@H](C2)N(Cc2ccccn2)C3)o1. The standard InChI is InChI=1S/C19H25N3O/c1-15-5-8-19(23-15)14-21-10-16-6-7-18(13-21)22(11-16)12-17-4-2-3-9-20-17/h2-5,8-9,16,18H,6-7,10-14H2,1H3/t16-,18+/m0/s1. The largest absolute Gasteiger partial charge is 0.465 e. The number of fused-ring (bicyclic) bond motifs is 4. The molecule has 5 heterocycles. The number of furan rings is 1. The van der Waals surface area contributed by atoms with Crippen molar-refractivity contribution in [2.24, 2.45) is 5.92 Å². The molecule has 5 rings (SSSR count). The van der Waals surface area contributed by atoms with Crippen LogP contribution in [0.5, 0.6) is 0 Å². The monoisotopic (exact) mass is 311 g/mol. The molecule has 2 atom stereocenters. The highest BCUT2D eigenvalue weighted by Gasteiger charge is 2.34. The first-order valence-electron chi connectivity index (χ1n) is 8.68. The minimum Gasteiger partial charge on any atom is -0.465 e. The molecule has 3 fully saturated rings. The number of piperidine rings is 1. The van der Waals surface area contributed by atoms with Gasteiger partial charge >= 0.3 is 0 Å². The average Bonchev–Trinajstić information content (AvgIpc) is 2.77. The first-order valence-corrected chi connectivity index (χ1v) is 8.68. The molecule has 0 aromatic carbocycles. The van der Waals surface area contributed by atoms with Crippen LogP contribution in [0, 0.1) is 12.8 Å². The van der Waals surface area contributed by atoms with E-state index in [0.717, 1.165) is 37.1 Å². The summed E-state index contributed by atoms with van der Waals surface area (Å²) in [4.78, 5) is 9.73. The molecule has 122 valence electrons. The first kappa shape index (κ1) is 14.9. The van der Waals surface area contributed by atoms with Gasteiger partial charge in [-0.1, -0.05) is 6.07 Å². The molecule has 2 aromatic rings. The summed E-state index contributed by atoms with van der Waals surface area (Å²) < 4.78 is 5.78. The lowest BCUT2D eigenvalue weighted by molar-refractivity contribution is 0.121. The van der Waals surface area contributed by atoms with Gasteiger partial charge in [0.2, 0.25) is 0 Å². The maximum absolute atomic E-state index is 5.78. The van der Waals surface area contributed by atoms with Gasteiger partial charge in [0.15, 0.2) is 0 Å². The first-order chi connectivity index (χ1) is 11.3. The van der Waals surface area contributed by atoms with E-state index in [0.29, 0.717) is 6.04 Å². The van der Waals surface area contributed by atoms with E-state index in [1.165, 1.54) is 31.6 Å². The Morgan fingerprint density at radius 1 is 1.09 bits per heavy atom. The highest BCUT2D eigenvalue weighted by Crippen LogP contribution is 2.29. The fourth-order valence-electron chi connectivity index (χ4n) is 4.09. The van der Waals surface area contributed by atoms with Gasteiger partial charge in [-0.2, -0.15) is 0 Å². The number of pyridine rings is 1. The molecule has 4 heteroatoms. The number of aromatic nitrogens is 1. The smallest absolute Gasteiger partial charge is 0.118 e. The second-order valence-corrected chi connectivity index (χ2v) is 7.05. The fourth-order valence-corrected chi connectivity index (χ4v) is 4.09. The van der Waals surface area contributed by atoms with Crippen molar-refractivity contribution in [3.8, 4) is 0 Å². The summed E-state index contributed by atoms with van der Waals surface area (Å²) in [6.45, 7) is 7.48. The predicted octanol–water partition coefficient (Wildman–Crippen LogP) is 3.08. The normalized spacial score (nSPS) is 25.6. The molecule has 0 radical (unpaired) electrons. The zero-order valence-corrected chi connectivity index (χ0v) is 13.8. The Kier molecular flexibility index (Phi) is 4.19. The Balaban J connectivity index is 1.44. The number of hydrogen-bond donors (Lipinski definition) is 0. The van der Waals surface area contributed by atoms with Crippen LogP contribution in [0.2, 0.25) is 0 Å². The van der Waals surface area contributed by atoms with Crippen molar-refractivity contribution >= 4 is 0 Å². The van der Waals surface area contributed by atoms with E-state index in [4.69, 9.17) is 4.42 Å². The van der Waals surface area contributed by atoms with Crippen LogP contribution in [-0.4, -0.2) is 40.5 Å². The number of aryl methyl sites for hydroxylation is 1. The van der Waals surface area contributed by atoms with E-state index < -0.39 is 0 Å². The van der Waals surface area contributed by atoms with Crippen LogP contribution >= 0.6 is 0 Å². The van der Waals surface area contributed by atoms with Gasteiger partial charge in [0.05, 0.1) is 12.2 Å². The molecule has 0 aliphatic carbocycles. The molecule has 23 heavy (non-hydrogen) atoms. The van der Waals surface area contributed by atoms with Crippen LogP contribution in [0.4, 0.5) is 0 Å². The third kappa shape index (κ3) is 3.48. The molecule has 3 aliphatic heterocycles. The summed E-state index contributed by atoms with van der Waals surface area (Å²) in [6, 6.07) is 11.0. The predicted molar refractivity (Wildman–Crippen MR) is 89.9 cm³/mol. The van der Waals surface area contributed by atoms with Gasteiger partial charge in [-0.3, -0.25) is 14.8 Å². The fraction of sp³-hybridized carbons (Fsp3) is 0.526. The molecule has 4 nitrogen and oxygen atoms in total. The number of rotatable bonds is 4. The van der Waals surface area contributed by atoms with Crippen LogP contribution in [0.25, 0.3) is 0 Å². The van der Waals surface area contributed by atoms with Gasteiger partial charge in [-0.15, -0.1) is 0 Å². The van der Waals surface area contributed by atoms with Gasteiger partial charge in [0.25, 0.3) is 0 Å². The number of hydrogen-bond acceptors (Lipinski definition) is 4. The lowest BCUT2D eigenvalue weighted by atomic mass is 9.95. The molecule has 2 aromatic heterocycles.